The van der Waals surface area contributed by atoms with Gasteiger partial charge in [0.1, 0.15) is 11.5 Å². The van der Waals surface area contributed by atoms with Crippen molar-refractivity contribution in [3.05, 3.63) is 90.1 Å². The van der Waals surface area contributed by atoms with E-state index < -0.39 is 0 Å². The van der Waals surface area contributed by atoms with Crippen molar-refractivity contribution in [2.45, 2.75) is 13.8 Å². The molecule has 2 heteroatoms. The van der Waals surface area contributed by atoms with E-state index in [1.807, 2.05) is 49.4 Å². The van der Waals surface area contributed by atoms with Gasteiger partial charge < -0.3 is 8.83 Å². The van der Waals surface area contributed by atoms with Crippen LogP contribution < -0.4 is 0 Å². The normalized spacial score (nSPS) is 12.6. The Morgan fingerprint density at radius 3 is 2.45 bits per heavy atom. The average Bonchev–Trinajstić information content (AvgIpc) is 3.22. The summed E-state index contributed by atoms with van der Waals surface area (Å²) in [5.41, 5.74) is 4.42. The standard InChI is InChI=1S/C20H18O2/c1-3-7-15(2)20(19-11-6-13-22-19)17-9-4-8-16(14-17)18-10-5-12-21-18/h3-14H,1-2H3/b7-3-,20-15+. The summed E-state index contributed by atoms with van der Waals surface area (Å²) in [6, 6.07) is 16.1. The highest BCUT2D eigenvalue weighted by atomic mass is 16.3. The van der Waals surface area contributed by atoms with Gasteiger partial charge >= 0.3 is 0 Å². The van der Waals surface area contributed by atoms with E-state index in [0.717, 1.165) is 33.8 Å². The Kier molecular flexibility index (Phi) is 4.10. The molecular weight excluding hydrogens is 272 g/mol. The van der Waals surface area contributed by atoms with Crippen LogP contribution in [0.25, 0.3) is 16.9 Å². The van der Waals surface area contributed by atoms with Crippen LogP contribution in [-0.4, -0.2) is 0 Å². The summed E-state index contributed by atoms with van der Waals surface area (Å²) in [6.45, 7) is 4.11. The fraction of sp³-hybridized carbons (Fsp3) is 0.100. The van der Waals surface area contributed by atoms with Crippen molar-refractivity contribution >= 4 is 5.57 Å². The van der Waals surface area contributed by atoms with Gasteiger partial charge in [-0.05, 0) is 55.3 Å². The third kappa shape index (κ3) is 2.82. The molecule has 0 unspecified atom stereocenters. The molecule has 22 heavy (non-hydrogen) atoms. The molecule has 0 spiro atoms. The summed E-state index contributed by atoms with van der Waals surface area (Å²) in [6.07, 6.45) is 7.52. The van der Waals surface area contributed by atoms with Crippen LogP contribution in [0.2, 0.25) is 0 Å². The van der Waals surface area contributed by atoms with Crippen molar-refractivity contribution in [3.8, 4) is 11.3 Å². The van der Waals surface area contributed by atoms with Crippen LogP contribution in [0.3, 0.4) is 0 Å². The number of hydrogen-bond donors (Lipinski definition) is 0. The van der Waals surface area contributed by atoms with Gasteiger partial charge in [0.15, 0.2) is 0 Å². The first-order valence-corrected chi connectivity index (χ1v) is 7.31. The van der Waals surface area contributed by atoms with Crippen LogP contribution in [0.1, 0.15) is 25.2 Å². The summed E-state index contributed by atoms with van der Waals surface area (Å²) in [5, 5.41) is 0. The van der Waals surface area contributed by atoms with Crippen molar-refractivity contribution in [2.75, 3.05) is 0 Å². The van der Waals surface area contributed by atoms with Gasteiger partial charge in [-0.3, -0.25) is 0 Å². The van der Waals surface area contributed by atoms with Crippen LogP contribution in [0, 0.1) is 0 Å². The summed E-state index contributed by atoms with van der Waals surface area (Å²) in [4.78, 5) is 0. The zero-order valence-electron chi connectivity index (χ0n) is 12.7. The lowest BCUT2D eigenvalue weighted by Gasteiger charge is -2.09. The van der Waals surface area contributed by atoms with Crippen molar-refractivity contribution in [3.63, 3.8) is 0 Å². The first-order chi connectivity index (χ1) is 10.8. The van der Waals surface area contributed by atoms with Crippen molar-refractivity contribution < 1.29 is 8.83 Å². The van der Waals surface area contributed by atoms with E-state index in [1.54, 1.807) is 12.5 Å². The van der Waals surface area contributed by atoms with Gasteiger partial charge in [0.25, 0.3) is 0 Å². The molecule has 0 aliphatic rings. The maximum atomic E-state index is 5.63. The van der Waals surface area contributed by atoms with Gasteiger partial charge in [-0.1, -0.05) is 30.4 Å². The van der Waals surface area contributed by atoms with E-state index >= 15 is 0 Å². The van der Waals surface area contributed by atoms with Gasteiger partial charge in [0.05, 0.1) is 12.5 Å². The average molecular weight is 290 g/mol. The minimum Gasteiger partial charge on any atom is -0.464 e. The molecule has 1 aromatic carbocycles. The molecule has 0 radical (unpaired) electrons. The molecule has 110 valence electrons. The van der Waals surface area contributed by atoms with Gasteiger partial charge in [-0.25, -0.2) is 0 Å². The molecule has 3 rings (SSSR count). The number of rotatable bonds is 4. The maximum absolute atomic E-state index is 5.63. The molecular formula is C20H18O2. The minimum atomic E-state index is 0.865. The summed E-state index contributed by atoms with van der Waals surface area (Å²) in [5.74, 6) is 1.73. The SMILES string of the molecule is C/C=C\C(C)=C(/c1cccc(-c2ccco2)c1)c1ccco1. The molecule has 2 aromatic heterocycles. The zero-order chi connectivity index (χ0) is 15.4. The fourth-order valence-corrected chi connectivity index (χ4v) is 2.59. The van der Waals surface area contributed by atoms with Gasteiger partial charge in [0, 0.05) is 11.1 Å². The molecule has 0 amide bonds. The van der Waals surface area contributed by atoms with E-state index in [9.17, 15) is 0 Å². The molecule has 0 atom stereocenters. The summed E-state index contributed by atoms with van der Waals surface area (Å²) in [7, 11) is 0. The first kappa shape index (κ1) is 14.2. The number of benzene rings is 1. The van der Waals surface area contributed by atoms with Crippen molar-refractivity contribution in [2.24, 2.45) is 0 Å². The smallest absolute Gasteiger partial charge is 0.134 e. The summed E-state index contributed by atoms with van der Waals surface area (Å²) >= 11 is 0. The third-order valence-corrected chi connectivity index (χ3v) is 3.54. The van der Waals surface area contributed by atoms with Crippen molar-refractivity contribution in [1.82, 2.24) is 0 Å². The molecule has 0 N–H and O–H groups in total. The minimum absolute atomic E-state index is 0.865. The van der Waals surface area contributed by atoms with E-state index in [0.29, 0.717) is 0 Å². The molecule has 0 aliphatic carbocycles. The Morgan fingerprint density at radius 2 is 1.77 bits per heavy atom. The van der Waals surface area contributed by atoms with E-state index in [4.69, 9.17) is 8.83 Å². The van der Waals surface area contributed by atoms with Crippen molar-refractivity contribution in [1.29, 1.82) is 0 Å². The van der Waals surface area contributed by atoms with Gasteiger partial charge in [-0.15, -0.1) is 0 Å². The molecule has 0 saturated heterocycles. The summed E-state index contributed by atoms with van der Waals surface area (Å²) < 4.78 is 11.1. The number of furan rings is 2. The molecule has 3 aromatic rings. The number of hydrogen-bond acceptors (Lipinski definition) is 2. The highest BCUT2D eigenvalue weighted by molar-refractivity contribution is 5.82. The molecule has 0 aliphatic heterocycles. The van der Waals surface area contributed by atoms with E-state index in [-0.39, 0.29) is 0 Å². The Balaban J connectivity index is 2.14. The predicted molar refractivity (Wildman–Crippen MR) is 89.4 cm³/mol. The second-order valence-corrected chi connectivity index (χ2v) is 5.09. The largest absolute Gasteiger partial charge is 0.464 e. The second kappa shape index (κ2) is 6.35. The monoisotopic (exact) mass is 290 g/mol. The predicted octanol–water partition coefficient (Wildman–Crippen LogP) is 5.94. The van der Waals surface area contributed by atoms with Crippen LogP contribution in [0.15, 0.2) is 87.6 Å². The Morgan fingerprint density at radius 1 is 0.955 bits per heavy atom. The van der Waals surface area contributed by atoms with Gasteiger partial charge in [-0.2, -0.15) is 0 Å². The van der Waals surface area contributed by atoms with Gasteiger partial charge in [0.2, 0.25) is 0 Å². The fourth-order valence-electron chi connectivity index (χ4n) is 2.59. The lowest BCUT2D eigenvalue weighted by molar-refractivity contribution is 0.553. The Labute approximate surface area is 130 Å². The lowest BCUT2D eigenvalue weighted by Crippen LogP contribution is -1.90. The molecule has 2 heterocycles. The molecule has 0 saturated carbocycles. The molecule has 2 nitrogen and oxygen atoms in total. The Hall–Kier alpha value is -2.74. The third-order valence-electron chi connectivity index (χ3n) is 3.54. The highest BCUT2D eigenvalue weighted by Gasteiger charge is 2.12. The highest BCUT2D eigenvalue weighted by Crippen LogP contribution is 2.31. The van der Waals surface area contributed by atoms with E-state index in [2.05, 4.69) is 25.1 Å². The van der Waals surface area contributed by atoms with Crippen LogP contribution in [0.4, 0.5) is 0 Å². The second-order valence-electron chi connectivity index (χ2n) is 5.09. The van der Waals surface area contributed by atoms with E-state index in [1.165, 1.54) is 0 Å². The molecule has 0 bridgehead atoms. The lowest BCUT2D eigenvalue weighted by atomic mass is 9.96. The molecule has 0 fully saturated rings. The van der Waals surface area contributed by atoms with Crippen LogP contribution in [0.5, 0.6) is 0 Å². The first-order valence-electron chi connectivity index (χ1n) is 7.31. The quantitative estimate of drug-likeness (QED) is 0.556. The Bertz CT molecular complexity index is 788. The van der Waals surface area contributed by atoms with Crippen LogP contribution >= 0.6 is 0 Å². The zero-order valence-corrected chi connectivity index (χ0v) is 12.7. The maximum Gasteiger partial charge on any atom is 0.134 e. The number of allylic oxidation sites excluding steroid dienone is 3. The topological polar surface area (TPSA) is 26.3 Å². The van der Waals surface area contributed by atoms with Crippen LogP contribution in [-0.2, 0) is 0 Å².